The van der Waals surface area contributed by atoms with Gasteiger partial charge in [-0.2, -0.15) is 0 Å². The molecular weight excluding hydrogens is 266 g/mol. The summed E-state index contributed by atoms with van der Waals surface area (Å²) >= 11 is 0. The molecule has 21 heavy (non-hydrogen) atoms. The predicted molar refractivity (Wildman–Crippen MR) is 82.8 cm³/mol. The lowest BCUT2D eigenvalue weighted by molar-refractivity contribution is -0.116. The number of nitrogens with zero attached hydrogens (tertiary/aromatic N) is 1. The Balaban J connectivity index is 2.04. The van der Waals surface area contributed by atoms with E-state index in [0.29, 0.717) is 11.5 Å². The summed E-state index contributed by atoms with van der Waals surface area (Å²) in [6.07, 6.45) is 1.75. The number of amides is 1. The van der Waals surface area contributed by atoms with Crippen molar-refractivity contribution in [1.29, 1.82) is 0 Å². The van der Waals surface area contributed by atoms with Crippen LogP contribution in [0, 0.1) is 6.92 Å². The lowest BCUT2D eigenvalue weighted by Gasteiger charge is -2.08. The van der Waals surface area contributed by atoms with E-state index in [1.807, 2.05) is 39.0 Å². The molecular formula is C16H17N3O2. The van der Waals surface area contributed by atoms with Gasteiger partial charge in [0, 0.05) is 16.6 Å². The van der Waals surface area contributed by atoms with Crippen LogP contribution in [0.4, 0.5) is 0 Å². The Hall–Kier alpha value is -2.56. The Kier molecular flexibility index (Phi) is 3.25. The maximum Gasteiger partial charge on any atom is 0.277 e. The van der Waals surface area contributed by atoms with E-state index in [4.69, 9.17) is 4.74 Å². The summed E-state index contributed by atoms with van der Waals surface area (Å²) in [4.78, 5) is 15.2. The number of carbonyl (C=O) groups excluding carboxylic acids is 1. The molecule has 0 saturated carbocycles. The third kappa shape index (κ3) is 2.42. The van der Waals surface area contributed by atoms with Gasteiger partial charge in [0.2, 0.25) is 5.90 Å². The van der Waals surface area contributed by atoms with E-state index < -0.39 is 0 Å². The molecule has 5 heteroatoms. The molecule has 0 fully saturated rings. The molecule has 3 rings (SSSR count). The first-order valence-electron chi connectivity index (χ1n) is 6.90. The van der Waals surface area contributed by atoms with Gasteiger partial charge in [-0.05, 0) is 38.5 Å². The number of hydrogen-bond acceptors (Lipinski definition) is 3. The highest BCUT2D eigenvalue weighted by Crippen LogP contribution is 2.24. The van der Waals surface area contributed by atoms with Crippen molar-refractivity contribution in [1.82, 2.24) is 10.4 Å². The number of H-pyrrole nitrogens is 1. The fourth-order valence-electron chi connectivity index (χ4n) is 2.35. The molecule has 5 nitrogen and oxygen atoms in total. The largest absolute Gasteiger partial charge is 0.473 e. The van der Waals surface area contributed by atoms with Gasteiger partial charge in [-0.3, -0.25) is 4.79 Å². The van der Waals surface area contributed by atoms with E-state index in [-0.39, 0.29) is 12.0 Å². The standard InChI is InChI=1S/C16H17N3O2/c1-9(2)21-16-12(15(20)18-19-16)8-14-10(3)11-6-4-5-7-13(11)17-14/h4-9,17H,1-3H3,(H,18,20). The minimum Gasteiger partial charge on any atom is -0.473 e. The predicted octanol–water partition coefficient (Wildman–Crippen LogP) is 2.73. The molecule has 2 heterocycles. The first-order chi connectivity index (χ1) is 10.1. The average molecular weight is 283 g/mol. The summed E-state index contributed by atoms with van der Waals surface area (Å²) < 4.78 is 5.56. The second-order valence-electron chi connectivity index (χ2n) is 5.29. The quantitative estimate of drug-likeness (QED) is 0.832. The number of rotatable bonds is 2. The molecule has 1 aliphatic heterocycles. The van der Waals surface area contributed by atoms with E-state index >= 15 is 0 Å². The maximum absolute atomic E-state index is 11.9. The molecule has 0 radical (unpaired) electrons. The molecule has 0 spiro atoms. The highest BCUT2D eigenvalue weighted by atomic mass is 16.5. The Morgan fingerprint density at radius 3 is 2.76 bits per heavy atom. The number of hydrazone groups is 1. The Morgan fingerprint density at radius 2 is 2.05 bits per heavy atom. The van der Waals surface area contributed by atoms with Crippen LogP contribution in [-0.2, 0) is 9.53 Å². The topological polar surface area (TPSA) is 66.5 Å². The molecule has 108 valence electrons. The molecule has 1 aromatic carbocycles. The lowest BCUT2D eigenvalue weighted by atomic mass is 10.1. The van der Waals surface area contributed by atoms with Crippen molar-refractivity contribution in [2.45, 2.75) is 26.9 Å². The number of aryl methyl sites for hydroxylation is 1. The summed E-state index contributed by atoms with van der Waals surface area (Å²) in [5.74, 6) is 0.0942. The van der Waals surface area contributed by atoms with Crippen molar-refractivity contribution in [3.63, 3.8) is 0 Å². The van der Waals surface area contributed by atoms with Crippen molar-refractivity contribution < 1.29 is 9.53 Å². The van der Waals surface area contributed by atoms with Crippen LogP contribution >= 0.6 is 0 Å². The molecule has 1 aromatic heterocycles. The van der Waals surface area contributed by atoms with E-state index in [9.17, 15) is 4.79 Å². The van der Waals surface area contributed by atoms with Gasteiger partial charge in [-0.25, -0.2) is 5.43 Å². The van der Waals surface area contributed by atoms with Crippen molar-refractivity contribution >= 4 is 28.8 Å². The zero-order chi connectivity index (χ0) is 15.0. The van der Waals surface area contributed by atoms with Crippen molar-refractivity contribution in [2.75, 3.05) is 0 Å². The minimum atomic E-state index is -0.247. The second kappa shape index (κ2) is 5.09. The van der Waals surface area contributed by atoms with Gasteiger partial charge in [-0.1, -0.05) is 18.2 Å². The first kappa shape index (κ1) is 13.4. The zero-order valence-electron chi connectivity index (χ0n) is 12.2. The Morgan fingerprint density at radius 1 is 1.29 bits per heavy atom. The second-order valence-corrected chi connectivity index (χ2v) is 5.29. The summed E-state index contributed by atoms with van der Waals surface area (Å²) in [6.45, 7) is 5.83. The highest BCUT2D eigenvalue weighted by Gasteiger charge is 2.25. The van der Waals surface area contributed by atoms with Crippen molar-refractivity contribution in [3.05, 3.63) is 41.1 Å². The lowest BCUT2D eigenvalue weighted by Crippen LogP contribution is -2.16. The van der Waals surface area contributed by atoms with Crippen LogP contribution in [0.3, 0.4) is 0 Å². The van der Waals surface area contributed by atoms with Crippen molar-refractivity contribution in [2.24, 2.45) is 5.10 Å². The molecule has 1 amide bonds. The number of nitrogens with one attached hydrogen (secondary N) is 2. The number of ether oxygens (including phenoxy) is 1. The SMILES string of the molecule is Cc1c(C=C2C(=O)NN=C2OC(C)C)[nH]c2ccccc12. The molecule has 2 aromatic rings. The number of hydrogen-bond donors (Lipinski definition) is 2. The smallest absolute Gasteiger partial charge is 0.277 e. The fourth-order valence-corrected chi connectivity index (χ4v) is 2.35. The number of para-hydroxylation sites is 1. The van der Waals surface area contributed by atoms with Crippen LogP contribution in [0.15, 0.2) is 34.9 Å². The monoisotopic (exact) mass is 283 g/mol. The van der Waals surface area contributed by atoms with Crippen LogP contribution in [0.5, 0.6) is 0 Å². The molecule has 0 atom stereocenters. The normalized spacial score (nSPS) is 16.7. The first-order valence-corrected chi connectivity index (χ1v) is 6.90. The average Bonchev–Trinajstić information content (AvgIpc) is 2.94. The maximum atomic E-state index is 11.9. The van der Waals surface area contributed by atoms with Gasteiger partial charge in [0.05, 0.1) is 6.10 Å². The van der Waals surface area contributed by atoms with E-state index in [1.165, 1.54) is 0 Å². The van der Waals surface area contributed by atoms with Crippen LogP contribution in [-0.4, -0.2) is 22.9 Å². The van der Waals surface area contributed by atoms with Gasteiger partial charge < -0.3 is 9.72 Å². The number of aromatic amines is 1. The summed E-state index contributed by atoms with van der Waals surface area (Å²) in [6, 6.07) is 8.04. The van der Waals surface area contributed by atoms with E-state index in [0.717, 1.165) is 22.2 Å². The summed E-state index contributed by atoms with van der Waals surface area (Å²) in [5.41, 5.74) is 5.92. The molecule has 0 aliphatic carbocycles. The Bertz CT molecular complexity index is 769. The number of fused-ring (bicyclic) bond motifs is 1. The van der Waals surface area contributed by atoms with Crippen LogP contribution in [0.25, 0.3) is 17.0 Å². The van der Waals surface area contributed by atoms with E-state index in [1.54, 1.807) is 6.08 Å². The number of aromatic nitrogens is 1. The molecule has 2 N–H and O–H groups in total. The van der Waals surface area contributed by atoms with Gasteiger partial charge in [0.25, 0.3) is 5.91 Å². The summed E-state index contributed by atoms with van der Waals surface area (Å²) in [7, 11) is 0. The third-order valence-corrected chi connectivity index (χ3v) is 3.37. The van der Waals surface area contributed by atoms with Crippen LogP contribution in [0.2, 0.25) is 0 Å². The minimum absolute atomic E-state index is 0.0383. The van der Waals surface area contributed by atoms with Crippen LogP contribution < -0.4 is 5.43 Å². The molecule has 0 unspecified atom stereocenters. The highest BCUT2D eigenvalue weighted by molar-refractivity contribution is 6.24. The van der Waals surface area contributed by atoms with Crippen LogP contribution in [0.1, 0.15) is 25.1 Å². The zero-order valence-corrected chi connectivity index (χ0v) is 12.2. The van der Waals surface area contributed by atoms with Gasteiger partial charge in [0.1, 0.15) is 5.57 Å². The van der Waals surface area contributed by atoms with Gasteiger partial charge in [0.15, 0.2) is 0 Å². The number of carbonyl (C=O) groups is 1. The molecule has 0 bridgehead atoms. The van der Waals surface area contributed by atoms with Crippen molar-refractivity contribution in [3.8, 4) is 0 Å². The van der Waals surface area contributed by atoms with E-state index in [2.05, 4.69) is 21.6 Å². The number of benzene rings is 1. The van der Waals surface area contributed by atoms with Gasteiger partial charge in [-0.15, -0.1) is 5.10 Å². The summed E-state index contributed by atoms with van der Waals surface area (Å²) in [5, 5.41) is 5.08. The fraction of sp³-hybridized carbons (Fsp3) is 0.250. The third-order valence-electron chi connectivity index (χ3n) is 3.37. The Labute approximate surface area is 122 Å². The molecule has 0 saturated heterocycles. The molecule has 1 aliphatic rings. The van der Waals surface area contributed by atoms with Gasteiger partial charge >= 0.3 is 0 Å².